The average Bonchev–Trinajstić information content (AvgIpc) is 2.36. The molecule has 1 atom stereocenters. The molecule has 3 N–H and O–H groups in total. The minimum absolute atomic E-state index is 0.101. The molecular weight excluding hydrogens is 256 g/mol. The van der Waals surface area contributed by atoms with Gasteiger partial charge in [-0.1, -0.05) is 0 Å². The lowest BCUT2D eigenvalue weighted by Gasteiger charge is -2.24. The molecule has 1 aromatic heterocycles. The highest BCUT2D eigenvalue weighted by atomic mass is 16.2. The summed E-state index contributed by atoms with van der Waals surface area (Å²) in [4.78, 5) is 27.4. The van der Waals surface area contributed by atoms with Crippen LogP contribution in [-0.2, 0) is 4.79 Å². The zero-order chi connectivity index (χ0) is 15.3. The Bertz CT molecular complexity index is 494. The number of anilines is 1. The Balaban J connectivity index is 2.73. The topological polar surface area (TPSA) is 83.1 Å². The quantitative estimate of drug-likeness (QED) is 0.771. The van der Waals surface area contributed by atoms with Gasteiger partial charge in [0, 0.05) is 24.5 Å². The summed E-state index contributed by atoms with van der Waals surface area (Å²) < 4.78 is 0. The molecule has 20 heavy (non-hydrogen) atoms. The molecule has 0 saturated heterocycles. The van der Waals surface area contributed by atoms with Gasteiger partial charge in [-0.15, -0.1) is 0 Å². The van der Waals surface area contributed by atoms with Crippen molar-refractivity contribution in [3.8, 4) is 0 Å². The minimum Gasteiger partial charge on any atom is -0.374 e. The van der Waals surface area contributed by atoms with Crippen LogP contribution in [0.25, 0.3) is 0 Å². The summed E-state index contributed by atoms with van der Waals surface area (Å²) in [5, 5.41) is 8.45. The molecule has 6 heteroatoms. The molecule has 0 aliphatic rings. The van der Waals surface area contributed by atoms with Crippen molar-refractivity contribution in [1.82, 2.24) is 15.6 Å². The molecule has 0 spiro atoms. The molecule has 2 amide bonds. The number of rotatable bonds is 4. The maximum Gasteiger partial charge on any atom is 0.269 e. The van der Waals surface area contributed by atoms with Crippen LogP contribution in [0.15, 0.2) is 18.3 Å². The van der Waals surface area contributed by atoms with Gasteiger partial charge in [0.05, 0.1) is 0 Å². The number of pyridine rings is 1. The smallest absolute Gasteiger partial charge is 0.269 e. The highest BCUT2D eigenvalue weighted by Gasteiger charge is 2.19. The summed E-state index contributed by atoms with van der Waals surface area (Å²) in [6.45, 7) is 7.54. The minimum atomic E-state index is -0.408. The van der Waals surface area contributed by atoms with Gasteiger partial charge in [-0.3, -0.25) is 14.6 Å². The summed E-state index contributed by atoms with van der Waals surface area (Å²) in [5.41, 5.74) is 0.703. The van der Waals surface area contributed by atoms with Crippen LogP contribution in [0, 0.1) is 0 Å². The van der Waals surface area contributed by atoms with E-state index in [4.69, 9.17) is 0 Å². The fourth-order valence-corrected chi connectivity index (χ4v) is 1.57. The summed E-state index contributed by atoms with van der Waals surface area (Å²) >= 11 is 0. The predicted molar refractivity (Wildman–Crippen MR) is 78.6 cm³/mol. The number of carbonyl (C=O) groups is 2. The molecule has 0 aliphatic carbocycles. The van der Waals surface area contributed by atoms with Gasteiger partial charge in [0.15, 0.2) is 0 Å². The summed E-state index contributed by atoms with van der Waals surface area (Å²) in [6.07, 6.45) is 1.53. The van der Waals surface area contributed by atoms with Crippen LogP contribution in [-0.4, -0.2) is 35.4 Å². The third kappa shape index (κ3) is 4.87. The molecule has 6 nitrogen and oxygen atoms in total. The molecule has 110 valence electrons. The van der Waals surface area contributed by atoms with Crippen LogP contribution in [0.3, 0.4) is 0 Å². The van der Waals surface area contributed by atoms with Crippen molar-refractivity contribution in [2.24, 2.45) is 0 Å². The summed E-state index contributed by atoms with van der Waals surface area (Å²) in [6, 6.07) is 2.92. The maximum absolute atomic E-state index is 12.0. The molecule has 0 saturated carbocycles. The van der Waals surface area contributed by atoms with Crippen LogP contribution in [0.2, 0.25) is 0 Å². The normalized spacial score (nSPS) is 12.4. The molecule has 0 aliphatic heterocycles. The molecule has 1 unspecified atom stereocenters. The van der Waals surface area contributed by atoms with E-state index >= 15 is 0 Å². The number of hydrogen-bond acceptors (Lipinski definition) is 4. The highest BCUT2D eigenvalue weighted by molar-refractivity contribution is 5.93. The Morgan fingerprint density at radius 1 is 1.30 bits per heavy atom. The van der Waals surface area contributed by atoms with E-state index in [1.165, 1.54) is 6.20 Å². The second-order valence-corrected chi connectivity index (χ2v) is 5.61. The number of nitrogens with one attached hydrogen (secondary N) is 3. The van der Waals surface area contributed by atoms with E-state index in [1.54, 1.807) is 26.1 Å². The SMILES string of the molecule is CNC(=O)c1cc(NC(C)C(=O)NC(C)(C)C)ccn1. The van der Waals surface area contributed by atoms with Crippen molar-refractivity contribution in [2.75, 3.05) is 12.4 Å². The number of amides is 2. The summed E-state index contributed by atoms with van der Waals surface area (Å²) in [5.74, 6) is -0.365. The standard InChI is InChI=1S/C14H22N4O2/c1-9(12(19)18-14(2,3)4)17-10-6-7-16-11(8-10)13(20)15-5/h6-9H,1-5H3,(H,15,20)(H,16,17)(H,18,19). The second kappa shape index (κ2) is 6.36. The van der Waals surface area contributed by atoms with Crippen molar-refractivity contribution in [3.05, 3.63) is 24.0 Å². The van der Waals surface area contributed by atoms with Gasteiger partial charge >= 0.3 is 0 Å². The Morgan fingerprint density at radius 3 is 2.50 bits per heavy atom. The molecule has 0 fully saturated rings. The molecule has 1 rings (SSSR count). The van der Waals surface area contributed by atoms with E-state index in [9.17, 15) is 9.59 Å². The second-order valence-electron chi connectivity index (χ2n) is 5.61. The first-order chi connectivity index (χ1) is 9.23. The number of aromatic nitrogens is 1. The van der Waals surface area contributed by atoms with Crippen molar-refractivity contribution >= 4 is 17.5 Å². The zero-order valence-electron chi connectivity index (χ0n) is 12.6. The Labute approximate surface area is 119 Å². The van der Waals surface area contributed by atoms with Gasteiger partial charge in [-0.25, -0.2) is 0 Å². The highest BCUT2D eigenvalue weighted by Crippen LogP contribution is 2.10. The lowest BCUT2D eigenvalue weighted by Crippen LogP contribution is -2.47. The first kappa shape index (κ1) is 15.9. The van der Waals surface area contributed by atoms with Gasteiger partial charge in [0.2, 0.25) is 5.91 Å². The average molecular weight is 278 g/mol. The van der Waals surface area contributed by atoms with Gasteiger partial charge in [0.1, 0.15) is 11.7 Å². The zero-order valence-corrected chi connectivity index (χ0v) is 12.6. The fourth-order valence-electron chi connectivity index (χ4n) is 1.57. The predicted octanol–water partition coefficient (Wildman–Crippen LogP) is 1.16. The van der Waals surface area contributed by atoms with Crippen molar-refractivity contribution in [2.45, 2.75) is 39.3 Å². The van der Waals surface area contributed by atoms with Crippen LogP contribution in [0.1, 0.15) is 38.2 Å². The molecule has 1 heterocycles. The molecular formula is C14H22N4O2. The number of carbonyl (C=O) groups excluding carboxylic acids is 2. The molecule has 0 aromatic carbocycles. The molecule has 0 radical (unpaired) electrons. The fraction of sp³-hybridized carbons (Fsp3) is 0.500. The van der Waals surface area contributed by atoms with Gasteiger partial charge < -0.3 is 16.0 Å². The number of hydrogen-bond donors (Lipinski definition) is 3. The van der Waals surface area contributed by atoms with E-state index in [-0.39, 0.29) is 17.4 Å². The molecule has 0 bridgehead atoms. The van der Waals surface area contributed by atoms with Crippen LogP contribution in [0.4, 0.5) is 5.69 Å². The van der Waals surface area contributed by atoms with E-state index in [2.05, 4.69) is 20.9 Å². The Morgan fingerprint density at radius 2 is 1.95 bits per heavy atom. The van der Waals surface area contributed by atoms with E-state index in [1.807, 2.05) is 20.8 Å². The first-order valence-corrected chi connectivity index (χ1v) is 6.49. The van der Waals surface area contributed by atoms with Crippen molar-refractivity contribution in [3.63, 3.8) is 0 Å². The van der Waals surface area contributed by atoms with E-state index in [0.717, 1.165) is 0 Å². The van der Waals surface area contributed by atoms with E-state index < -0.39 is 6.04 Å². The first-order valence-electron chi connectivity index (χ1n) is 6.49. The summed E-state index contributed by atoms with van der Waals surface area (Å²) in [7, 11) is 1.55. The lowest BCUT2D eigenvalue weighted by atomic mass is 10.1. The third-order valence-electron chi connectivity index (χ3n) is 2.49. The largest absolute Gasteiger partial charge is 0.374 e. The molecule has 1 aromatic rings. The van der Waals surface area contributed by atoms with Crippen molar-refractivity contribution in [1.29, 1.82) is 0 Å². The Hall–Kier alpha value is -2.11. The monoisotopic (exact) mass is 278 g/mol. The van der Waals surface area contributed by atoms with E-state index in [0.29, 0.717) is 11.4 Å². The van der Waals surface area contributed by atoms with Crippen LogP contribution >= 0.6 is 0 Å². The van der Waals surface area contributed by atoms with Gasteiger partial charge in [-0.05, 0) is 39.8 Å². The van der Waals surface area contributed by atoms with Crippen molar-refractivity contribution < 1.29 is 9.59 Å². The third-order valence-corrected chi connectivity index (χ3v) is 2.49. The maximum atomic E-state index is 12.0. The van der Waals surface area contributed by atoms with Gasteiger partial charge in [-0.2, -0.15) is 0 Å². The van der Waals surface area contributed by atoms with Gasteiger partial charge in [0.25, 0.3) is 5.91 Å². The van der Waals surface area contributed by atoms with Crippen LogP contribution in [0.5, 0.6) is 0 Å². The van der Waals surface area contributed by atoms with Crippen LogP contribution < -0.4 is 16.0 Å². The number of nitrogens with zero attached hydrogens (tertiary/aromatic N) is 1. The Kier molecular flexibility index (Phi) is 5.07. The lowest BCUT2D eigenvalue weighted by molar-refractivity contribution is -0.122.